The maximum atomic E-state index is 14.5. The Bertz CT molecular complexity index is 864. The lowest BCUT2D eigenvalue weighted by Gasteiger charge is -2.29. The van der Waals surface area contributed by atoms with E-state index in [4.69, 9.17) is 0 Å². The third-order valence-electron chi connectivity index (χ3n) is 5.69. The number of ether oxygens (including phenoxy) is 1. The number of hydrogen-bond donors (Lipinski definition) is 0. The van der Waals surface area contributed by atoms with Gasteiger partial charge in [-0.15, -0.1) is 0 Å². The second-order valence-electron chi connectivity index (χ2n) is 7.75. The van der Waals surface area contributed by atoms with Gasteiger partial charge in [0.1, 0.15) is 0 Å². The van der Waals surface area contributed by atoms with Gasteiger partial charge in [0.15, 0.2) is 24.0 Å². The largest absolute Gasteiger partial charge is 0.478 e. The van der Waals surface area contributed by atoms with Gasteiger partial charge in [0, 0.05) is 5.39 Å². The molecule has 158 valence electrons. The minimum atomic E-state index is -4.66. The first-order chi connectivity index (χ1) is 13.8. The van der Waals surface area contributed by atoms with Crippen molar-refractivity contribution in [2.45, 2.75) is 57.5 Å². The van der Waals surface area contributed by atoms with Crippen LogP contribution < -0.4 is 4.74 Å². The quantitative estimate of drug-likeness (QED) is 0.349. The predicted octanol–water partition coefficient (Wildman–Crippen LogP) is 7.69. The number of alkyl halides is 3. The standard InChI is InChI=1S/C23H25F5O/c1-2-3-4-5-15-6-8-16(9-7-15)17-10-11-19-18(12-17)13-20(24)22(21(19)25)29-14-23(26,27)28/h2-3,10-13,15-16H,4-9,14H2,1H3/b3-2+. The van der Waals surface area contributed by atoms with Gasteiger partial charge in [-0.2, -0.15) is 13.2 Å². The lowest BCUT2D eigenvalue weighted by Crippen LogP contribution is -2.20. The van der Waals surface area contributed by atoms with Crippen LogP contribution in [0.5, 0.6) is 5.75 Å². The monoisotopic (exact) mass is 412 g/mol. The molecule has 6 heteroatoms. The van der Waals surface area contributed by atoms with Crippen molar-refractivity contribution in [3.8, 4) is 5.75 Å². The summed E-state index contributed by atoms with van der Waals surface area (Å²) in [6.45, 7) is 0.287. The summed E-state index contributed by atoms with van der Waals surface area (Å²) < 4.78 is 70.0. The van der Waals surface area contributed by atoms with E-state index in [1.54, 1.807) is 12.1 Å². The van der Waals surface area contributed by atoms with Crippen LogP contribution >= 0.6 is 0 Å². The van der Waals surface area contributed by atoms with E-state index >= 15 is 0 Å². The second kappa shape index (κ2) is 9.14. The third kappa shape index (κ3) is 5.49. The first-order valence-electron chi connectivity index (χ1n) is 10.0. The zero-order valence-electron chi connectivity index (χ0n) is 16.4. The fraction of sp³-hybridized carbons (Fsp3) is 0.478. The lowest BCUT2D eigenvalue weighted by atomic mass is 9.77. The number of fused-ring (bicyclic) bond motifs is 1. The van der Waals surface area contributed by atoms with Gasteiger partial charge in [-0.3, -0.25) is 0 Å². The van der Waals surface area contributed by atoms with E-state index in [9.17, 15) is 22.0 Å². The summed E-state index contributed by atoms with van der Waals surface area (Å²) in [6, 6.07) is 6.11. The van der Waals surface area contributed by atoms with Crippen molar-refractivity contribution in [1.82, 2.24) is 0 Å². The van der Waals surface area contributed by atoms with Crippen molar-refractivity contribution in [2.75, 3.05) is 6.61 Å². The summed E-state index contributed by atoms with van der Waals surface area (Å²) in [6.07, 6.45) is 6.20. The van der Waals surface area contributed by atoms with Crippen LogP contribution in [0.15, 0.2) is 36.4 Å². The highest BCUT2D eigenvalue weighted by molar-refractivity contribution is 5.85. The summed E-state index contributed by atoms with van der Waals surface area (Å²) >= 11 is 0. The second-order valence-corrected chi connectivity index (χ2v) is 7.75. The van der Waals surface area contributed by atoms with Crippen LogP contribution in [-0.4, -0.2) is 12.8 Å². The molecular weight excluding hydrogens is 387 g/mol. The molecule has 1 fully saturated rings. The molecule has 0 N–H and O–H groups in total. The maximum Gasteiger partial charge on any atom is 0.422 e. The molecule has 2 aromatic rings. The summed E-state index contributed by atoms with van der Waals surface area (Å²) in [7, 11) is 0. The molecule has 0 radical (unpaired) electrons. The van der Waals surface area contributed by atoms with Crippen LogP contribution in [0.2, 0.25) is 0 Å². The Kier molecular flexibility index (Phi) is 6.81. The average molecular weight is 412 g/mol. The molecule has 0 atom stereocenters. The van der Waals surface area contributed by atoms with E-state index in [0.29, 0.717) is 17.2 Å². The van der Waals surface area contributed by atoms with Crippen molar-refractivity contribution in [1.29, 1.82) is 0 Å². The zero-order chi connectivity index (χ0) is 21.0. The highest BCUT2D eigenvalue weighted by atomic mass is 19.4. The molecule has 1 saturated carbocycles. The third-order valence-corrected chi connectivity index (χ3v) is 5.69. The lowest BCUT2D eigenvalue weighted by molar-refractivity contribution is -0.154. The van der Waals surface area contributed by atoms with Gasteiger partial charge in [-0.1, -0.05) is 30.4 Å². The first kappa shape index (κ1) is 21.6. The smallest absolute Gasteiger partial charge is 0.422 e. The van der Waals surface area contributed by atoms with Gasteiger partial charge < -0.3 is 4.74 Å². The molecule has 1 aliphatic carbocycles. The number of allylic oxidation sites excluding steroid dienone is 2. The van der Waals surface area contributed by atoms with Crippen LogP contribution in [0.25, 0.3) is 10.8 Å². The number of hydrogen-bond acceptors (Lipinski definition) is 1. The van der Waals surface area contributed by atoms with Crippen molar-refractivity contribution in [3.63, 3.8) is 0 Å². The van der Waals surface area contributed by atoms with E-state index in [1.165, 1.54) is 12.5 Å². The van der Waals surface area contributed by atoms with Gasteiger partial charge in [0.25, 0.3) is 0 Å². The van der Waals surface area contributed by atoms with Crippen molar-refractivity contribution < 1.29 is 26.7 Å². The van der Waals surface area contributed by atoms with Gasteiger partial charge in [0.2, 0.25) is 0 Å². The van der Waals surface area contributed by atoms with E-state index in [1.807, 2.05) is 6.92 Å². The van der Waals surface area contributed by atoms with Gasteiger partial charge in [-0.25, -0.2) is 8.78 Å². The SMILES string of the molecule is C/C=C/CCC1CCC(c2ccc3c(F)c(OCC(F)(F)F)c(F)cc3c2)CC1. The van der Waals surface area contributed by atoms with E-state index in [-0.39, 0.29) is 5.39 Å². The Hall–Kier alpha value is -2.11. The van der Waals surface area contributed by atoms with Gasteiger partial charge >= 0.3 is 6.18 Å². The van der Waals surface area contributed by atoms with E-state index in [0.717, 1.165) is 43.7 Å². The Labute approximate surface area is 167 Å². The Morgan fingerprint density at radius 1 is 1.07 bits per heavy atom. The minimum Gasteiger partial charge on any atom is -0.478 e. The Balaban J connectivity index is 1.74. The van der Waals surface area contributed by atoms with Crippen LogP contribution in [0, 0.1) is 17.6 Å². The molecule has 1 nitrogen and oxygen atoms in total. The molecule has 0 aromatic heterocycles. The maximum absolute atomic E-state index is 14.5. The molecule has 29 heavy (non-hydrogen) atoms. The number of benzene rings is 2. The molecule has 0 spiro atoms. The fourth-order valence-electron chi connectivity index (χ4n) is 4.15. The molecule has 3 rings (SSSR count). The summed E-state index contributed by atoms with van der Waals surface area (Å²) in [5, 5.41) is 0.402. The van der Waals surface area contributed by atoms with Crippen LogP contribution in [0.3, 0.4) is 0 Å². The topological polar surface area (TPSA) is 9.23 Å². The van der Waals surface area contributed by atoms with Crippen LogP contribution in [-0.2, 0) is 0 Å². The highest BCUT2D eigenvalue weighted by Crippen LogP contribution is 2.39. The minimum absolute atomic E-state index is 0.0624. The molecule has 0 unspecified atom stereocenters. The van der Waals surface area contributed by atoms with Crippen molar-refractivity contribution in [3.05, 3.63) is 53.6 Å². The van der Waals surface area contributed by atoms with E-state index < -0.39 is 30.2 Å². The van der Waals surface area contributed by atoms with Crippen molar-refractivity contribution >= 4 is 10.8 Å². The normalized spacial score (nSPS) is 20.5. The molecule has 1 aliphatic rings. The molecule has 0 aliphatic heterocycles. The number of rotatable bonds is 6. The molecule has 0 amide bonds. The van der Waals surface area contributed by atoms with Crippen molar-refractivity contribution in [2.24, 2.45) is 5.92 Å². The average Bonchev–Trinajstić information content (AvgIpc) is 2.67. The fourth-order valence-corrected chi connectivity index (χ4v) is 4.15. The zero-order valence-corrected chi connectivity index (χ0v) is 16.4. The number of halogens is 5. The Morgan fingerprint density at radius 3 is 2.45 bits per heavy atom. The first-order valence-corrected chi connectivity index (χ1v) is 10.0. The summed E-state index contributed by atoms with van der Waals surface area (Å²) in [4.78, 5) is 0. The van der Waals surface area contributed by atoms with Gasteiger partial charge in [0.05, 0.1) is 0 Å². The molecule has 0 heterocycles. The van der Waals surface area contributed by atoms with Gasteiger partial charge in [-0.05, 0) is 74.3 Å². The molecule has 2 aromatic carbocycles. The van der Waals surface area contributed by atoms with Crippen LogP contribution in [0.1, 0.15) is 56.9 Å². The van der Waals surface area contributed by atoms with E-state index in [2.05, 4.69) is 16.9 Å². The summed E-state index contributed by atoms with van der Waals surface area (Å²) in [5.74, 6) is -2.15. The predicted molar refractivity (Wildman–Crippen MR) is 104 cm³/mol. The van der Waals surface area contributed by atoms with Crippen LogP contribution in [0.4, 0.5) is 22.0 Å². The summed E-state index contributed by atoms with van der Waals surface area (Å²) in [5.41, 5.74) is 1.02. The Morgan fingerprint density at radius 2 is 1.79 bits per heavy atom. The highest BCUT2D eigenvalue weighted by Gasteiger charge is 2.30. The molecule has 0 bridgehead atoms. The molecule has 0 saturated heterocycles. The molecular formula is C23H25F5O.